The van der Waals surface area contributed by atoms with Crippen LogP contribution in [0.3, 0.4) is 0 Å². The topological polar surface area (TPSA) is 12.0 Å². The molecule has 0 aliphatic carbocycles. The van der Waals surface area contributed by atoms with Gasteiger partial charge >= 0.3 is 0 Å². The van der Waals surface area contributed by atoms with Crippen LogP contribution in [-0.2, 0) is 0 Å². The van der Waals surface area contributed by atoms with Gasteiger partial charge in [0.15, 0.2) is 0 Å². The largest absolute Gasteiger partial charge is 0.313 e. The Balaban J connectivity index is 2.25. The summed E-state index contributed by atoms with van der Waals surface area (Å²) in [6, 6.07) is 3.53. The molecule has 0 amide bonds. The van der Waals surface area contributed by atoms with E-state index >= 15 is 0 Å². The third-order valence-electron chi connectivity index (χ3n) is 2.52. The highest BCUT2D eigenvalue weighted by atomic mass is 19.1. The van der Waals surface area contributed by atoms with Gasteiger partial charge in [0, 0.05) is 12.1 Å². The van der Waals surface area contributed by atoms with Crippen LogP contribution >= 0.6 is 0 Å². The van der Waals surface area contributed by atoms with Gasteiger partial charge in [-0.25, -0.2) is 8.78 Å². The van der Waals surface area contributed by atoms with Gasteiger partial charge in [0.1, 0.15) is 11.6 Å². The van der Waals surface area contributed by atoms with Gasteiger partial charge in [0.05, 0.1) is 0 Å². The van der Waals surface area contributed by atoms with Gasteiger partial charge in [0.25, 0.3) is 0 Å². The monoisotopic (exact) mass is 209 g/mol. The smallest absolute Gasteiger partial charge is 0.130 e. The van der Waals surface area contributed by atoms with Gasteiger partial charge in [-0.2, -0.15) is 0 Å². The summed E-state index contributed by atoms with van der Waals surface area (Å²) in [4.78, 5) is 0. The number of piperidine rings is 1. The van der Waals surface area contributed by atoms with E-state index in [1.165, 1.54) is 6.07 Å². The second-order valence-corrected chi connectivity index (χ2v) is 3.75. The summed E-state index contributed by atoms with van der Waals surface area (Å²) in [5.74, 6) is -0.763. The lowest BCUT2D eigenvalue weighted by Crippen LogP contribution is -2.23. The van der Waals surface area contributed by atoms with E-state index in [0.717, 1.165) is 43.6 Å². The highest BCUT2D eigenvalue weighted by molar-refractivity contribution is 5.54. The summed E-state index contributed by atoms with van der Waals surface area (Å²) in [5, 5.41) is 3.20. The van der Waals surface area contributed by atoms with Crippen molar-refractivity contribution < 1.29 is 8.78 Å². The summed E-state index contributed by atoms with van der Waals surface area (Å²) < 4.78 is 26.2. The Morgan fingerprint density at radius 2 is 2.13 bits per heavy atom. The van der Waals surface area contributed by atoms with Crippen LogP contribution in [0.5, 0.6) is 0 Å². The van der Waals surface area contributed by atoms with Crippen molar-refractivity contribution in [2.24, 2.45) is 0 Å². The van der Waals surface area contributed by atoms with E-state index in [-0.39, 0.29) is 5.82 Å². The first kappa shape index (κ1) is 10.3. The molecule has 0 bridgehead atoms. The summed E-state index contributed by atoms with van der Waals surface area (Å²) >= 11 is 0. The van der Waals surface area contributed by atoms with Crippen molar-refractivity contribution in [3.8, 4) is 0 Å². The second-order valence-electron chi connectivity index (χ2n) is 3.75. The Morgan fingerprint density at radius 3 is 2.87 bits per heavy atom. The summed E-state index contributed by atoms with van der Waals surface area (Å²) in [6.45, 7) is 1.78. The quantitative estimate of drug-likeness (QED) is 0.749. The third kappa shape index (κ3) is 2.63. The van der Waals surface area contributed by atoms with E-state index in [4.69, 9.17) is 0 Å². The lowest BCUT2D eigenvalue weighted by Gasteiger charge is -2.15. The molecule has 0 saturated carbocycles. The fraction of sp³-hybridized carbons (Fsp3) is 0.333. The SMILES string of the molecule is Fc1ccc(F)c(/C=C2/CCCNC2)c1. The van der Waals surface area contributed by atoms with Crippen LogP contribution in [-0.4, -0.2) is 13.1 Å². The molecule has 3 heteroatoms. The summed E-state index contributed by atoms with van der Waals surface area (Å²) in [7, 11) is 0. The van der Waals surface area contributed by atoms with Crippen LogP contribution in [0, 0.1) is 11.6 Å². The van der Waals surface area contributed by atoms with Crippen LogP contribution < -0.4 is 5.32 Å². The number of halogens is 2. The Kier molecular flexibility index (Phi) is 3.11. The summed E-state index contributed by atoms with van der Waals surface area (Å²) in [6.07, 6.45) is 3.76. The van der Waals surface area contributed by atoms with Gasteiger partial charge in [-0.15, -0.1) is 0 Å². The predicted molar refractivity (Wildman–Crippen MR) is 56.4 cm³/mol. The average molecular weight is 209 g/mol. The van der Waals surface area contributed by atoms with Crippen LogP contribution in [0.25, 0.3) is 6.08 Å². The molecule has 1 saturated heterocycles. The first-order valence-corrected chi connectivity index (χ1v) is 5.11. The van der Waals surface area contributed by atoms with Crippen LogP contribution in [0.2, 0.25) is 0 Å². The first-order chi connectivity index (χ1) is 7.25. The van der Waals surface area contributed by atoms with Crippen molar-refractivity contribution in [1.29, 1.82) is 0 Å². The zero-order chi connectivity index (χ0) is 10.7. The highest BCUT2D eigenvalue weighted by Gasteiger charge is 2.06. The number of benzene rings is 1. The Bertz CT molecular complexity index is 377. The van der Waals surface area contributed by atoms with Crippen LogP contribution in [0.1, 0.15) is 18.4 Å². The van der Waals surface area contributed by atoms with Crippen LogP contribution in [0.4, 0.5) is 8.78 Å². The minimum Gasteiger partial charge on any atom is -0.313 e. The molecule has 2 rings (SSSR count). The molecule has 1 aliphatic heterocycles. The van der Waals surface area contributed by atoms with Crippen molar-refractivity contribution in [1.82, 2.24) is 5.32 Å². The van der Waals surface area contributed by atoms with Gasteiger partial charge < -0.3 is 5.32 Å². The Hall–Kier alpha value is -1.22. The molecule has 80 valence electrons. The molecule has 0 spiro atoms. The fourth-order valence-corrected chi connectivity index (χ4v) is 1.75. The number of hydrogen-bond donors (Lipinski definition) is 1. The number of hydrogen-bond acceptors (Lipinski definition) is 1. The van der Waals surface area contributed by atoms with E-state index in [2.05, 4.69) is 5.32 Å². The Labute approximate surface area is 87.8 Å². The van der Waals surface area contributed by atoms with E-state index in [9.17, 15) is 8.78 Å². The van der Waals surface area contributed by atoms with E-state index in [1.54, 1.807) is 6.08 Å². The molecule has 0 aromatic heterocycles. The van der Waals surface area contributed by atoms with Crippen molar-refractivity contribution in [3.05, 3.63) is 41.0 Å². The van der Waals surface area contributed by atoms with Gasteiger partial charge in [-0.1, -0.05) is 11.6 Å². The number of nitrogens with one attached hydrogen (secondary N) is 1. The maximum absolute atomic E-state index is 13.3. The molecule has 1 N–H and O–H groups in total. The van der Waals surface area contributed by atoms with Gasteiger partial charge in [-0.05, 0) is 37.6 Å². The van der Waals surface area contributed by atoms with Crippen molar-refractivity contribution >= 4 is 6.08 Å². The number of rotatable bonds is 1. The van der Waals surface area contributed by atoms with Crippen molar-refractivity contribution in [2.75, 3.05) is 13.1 Å². The molecule has 1 fully saturated rings. The zero-order valence-corrected chi connectivity index (χ0v) is 8.39. The maximum Gasteiger partial charge on any atom is 0.130 e. The van der Waals surface area contributed by atoms with E-state index in [0.29, 0.717) is 5.56 Å². The van der Waals surface area contributed by atoms with Gasteiger partial charge in [-0.3, -0.25) is 0 Å². The summed E-state index contributed by atoms with van der Waals surface area (Å²) in [5.41, 5.74) is 1.47. The van der Waals surface area contributed by atoms with Crippen molar-refractivity contribution in [3.63, 3.8) is 0 Å². The normalized spacial score (nSPS) is 19.5. The maximum atomic E-state index is 13.3. The Morgan fingerprint density at radius 1 is 1.27 bits per heavy atom. The molecule has 1 aliphatic rings. The standard InChI is InChI=1S/C12H13F2N/c13-11-3-4-12(14)10(7-11)6-9-2-1-5-15-8-9/h3-4,6-7,15H,1-2,5,8H2/b9-6-. The predicted octanol–water partition coefficient (Wildman–Crippen LogP) is 2.73. The van der Waals surface area contributed by atoms with Crippen molar-refractivity contribution in [2.45, 2.75) is 12.8 Å². The van der Waals surface area contributed by atoms with Crippen LogP contribution in [0.15, 0.2) is 23.8 Å². The molecular formula is C12H13F2N. The second kappa shape index (κ2) is 4.53. The lowest BCUT2D eigenvalue weighted by molar-refractivity contribution is 0.595. The highest BCUT2D eigenvalue weighted by Crippen LogP contribution is 2.17. The van der Waals surface area contributed by atoms with Gasteiger partial charge in [0.2, 0.25) is 0 Å². The molecule has 1 nitrogen and oxygen atoms in total. The lowest BCUT2D eigenvalue weighted by atomic mass is 10.0. The molecule has 0 radical (unpaired) electrons. The molecule has 0 atom stereocenters. The molecule has 1 aromatic rings. The fourth-order valence-electron chi connectivity index (χ4n) is 1.75. The molecular weight excluding hydrogens is 196 g/mol. The first-order valence-electron chi connectivity index (χ1n) is 5.11. The third-order valence-corrected chi connectivity index (χ3v) is 2.52. The molecule has 1 heterocycles. The van der Waals surface area contributed by atoms with E-state index in [1.807, 2.05) is 0 Å². The molecule has 0 unspecified atom stereocenters. The zero-order valence-electron chi connectivity index (χ0n) is 8.39. The molecule has 15 heavy (non-hydrogen) atoms. The van der Waals surface area contributed by atoms with E-state index < -0.39 is 5.82 Å². The minimum atomic E-state index is -0.396. The minimum absolute atomic E-state index is 0.341. The average Bonchev–Trinajstić information content (AvgIpc) is 2.25. The molecule has 1 aromatic carbocycles.